The maximum absolute atomic E-state index is 10.5. The van der Waals surface area contributed by atoms with Crippen LogP contribution in [0.3, 0.4) is 0 Å². The molecule has 0 aromatic carbocycles. The summed E-state index contributed by atoms with van der Waals surface area (Å²) >= 11 is 19.6. The number of rotatable bonds is 9. The molecule has 0 unspecified atom stereocenters. The Balaban J connectivity index is -0.000000158. The van der Waals surface area contributed by atoms with Gasteiger partial charge in [0.1, 0.15) is 5.97 Å². The lowest BCUT2D eigenvalue weighted by molar-refractivity contribution is -0.928. The fourth-order valence-corrected chi connectivity index (χ4v) is 2.57. The molecule has 0 saturated heterocycles. The third-order valence-corrected chi connectivity index (χ3v) is 3.67. The van der Waals surface area contributed by atoms with Gasteiger partial charge in [-0.05, 0) is 25.7 Å². The first-order chi connectivity index (χ1) is 12.5. The molecule has 0 aromatic heterocycles. The molecule has 0 aliphatic heterocycles. The molecule has 0 rings (SSSR count). The van der Waals surface area contributed by atoms with E-state index in [-0.39, 0.29) is 5.34 Å². The molecule has 10 heteroatoms. The Hall–Kier alpha value is 0.380. The monoisotopic (exact) mass is 481 g/mol. The smallest absolute Gasteiger partial charge is 0.430 e. The summed E-state index contributed by atoms with van der Waals surface area (Å²) in [4.78, 5) is 8.78. The van der Waals surface area contributed by atoms with Crippen molar-refractivity contribution in [1.82, 2.24) is 0 Å². The molecule has 0 saturated carbocycles. The van der Waals surface area contributed by atoms with E-state index in [9.17, 15) is 13.2 Å². The zero-order chi connectivity index (χ0) is 22.4. The van der Waals surface area contributed by atoms with Gasteiger partial charge in [0.2, 0.25) is 0 Å². The average Bonchev–Trinajstić information content (AvgIpc) is 2.56. The highest BCUT2D eigenvalue weighted by Crippen LogP contribution is 2.12. The van der Waals surface area contributed by atoms with Crippen LogP contribution in [-0.4, -0.2) is 59.9 Å². The number of alkyl halides is 7. The Morgan fingerprint density at radius 3 is 1.04 bits per heavy atom. The van der Waals surface area contributed by atoms with Crippen LogP contribution in [0.5, 0.6) is 0 Å². The van der Waals surface area contributed by atoms with Gasteiger partial charge >= 0.3 is 6.18 Å². The molecular formula is C17H34Cl4F3NO2. The zero-order valence-electron chi connectivity index (χ0n) is 16.7. The summed E-state index contributed by atoms with van der Waals surface area (Å²) in [6, 6.07) is 0. The molecule has 0 atom stereocenters. The highest BCUT2D eigenvalue weighted by atomic mass is 35.5. The van der Waals surface area contributed by atoms with Crippen LogP contribution in [0.15, 0.2) is 0 Å². The molecule has 0 fully saturated rings. The van der Waals surface area contributed by atoms with Crippen molar-refractivity contribution < 1.29 is 27.6 Å². The fourth-order valence-electron chi connectivity index (χ4n) is 2.57. The molecule has 0 heterocycles. The normalized spacial score (nSPS) is 10.5. The van der Waals surface area contributed by atoms with Gasteiger partial charge in [0, 0.05) is 11.8 Å². The molecule has 27 heavy (non-hydrogen) atoms. The van der Waals surface area contributed by atoms with E-state index >= 15 is 0 Å². The fraction of sp³-hybridized carbons (Fsp3) is 0.941. The number of carboxylic acid groups (broad SMARTS) is 1. The highest BCUT2D eigenvalue weighted by molar-refractivity contribution is 6.40. The molecule has 0 aliphatic rings. The minimum Gasteiger partial charge on any atom is -0.542 e. The predicted octanol–water partition coefficient (Wildman–Crippen LogP) is 5.63. The second kappa shape index (κ2) is 24.4. The number of quaternary nitrogens is 1. The number of carbonyl (C=O) groups excluding carboxylic acids is 1. The summed E-state index contributed by atoms with van der Waals surface area (Å²) in [5, 5.41) is 8.98. The molecule has 3 nitrogen and oxygen atoms in total. The van der Waals surface area contributed by atoms with E-state index in [0.29, 0.717) is 11.8 Å². The van der Waals surface area contributed by atoms with Crippen molar-refractivity contribution in [3.63, 3.8) is 0 Å². The maximum Gasteiger partial charge on any atom is 0.430 e. The number of hydrogen-bond acceptors (Lipinski definition) is 2. The van der Waals surface area contributed by atoms with Gasteiger partial charge in [0.25, 0.3) is 0 Å². The first-order valence-electron chi connectivity index (χ1n) is 8.89. The summed E-state index contributed by atoms with van der Waals surface area (Å²) in [6.45, 7) is 14.8. The van der Waals surface area contributed by atoms with E-state index in [1.54, 1.807) is 0 Å². The van der Waals surface area contributed by atoms with Gasteiger partial charge in [0.05, 0.1) is 31.5 Å². The Bertz CT molecular complexity index is 279. The number of hydrogen-bond donors (Lipinski definition) is 0. The Morgan fingerprint density at radius 2 is 0.963 bits per heavy atom. The molecule has 0 bridgehead atoms. The van der Waals surface area contributed by atoms with Crippen LogP contribution in [0, 0.1) is 0 Å². The average molecular weight is 483 g/mol. The van der Waals surface area contributed by atoms with Gasteiger partial charge in [0.15, 0.2) is 0 Å². The molecule has 0 radical (unpaired) electrons. The van der Waals surface area contributed by atoms with E-state index in [0.717, 1.165) is 0 Å². The summed E-state index contributed by atoms with van der Waals surface area (Å²) in [5.41, 5.74) is 0. The molecule has 0 aliphatic carbocycles. The lowest BCUT2D eigenvalue weighted by atomic mass is 10.2. The summed E-state index contributed by atoms with van der Waals surface area (Å²) in [7, 11) is 0. The number of halogens is 7. The van der Waals surface area contributed by atoms with Crippen molar-refractivity contribution in [2.45, 2.75) is 59.6 Å². The minimum atomic E-state index is -5.19. The maximum atomic E-state index is 10.5. The first kappa shape index (κ1) is 34.9. The van der Waals surface area contributed by atoms with Crippen molar-refractivity contribution in [3.05, 3.63) is 0 Å². The summed E-state index contributed by atoms with van der Waals surface area (Å²) in [5.74, 6) is -1.89. The van der Waals surface area contributed by atoms with E-state index in [1.165, 1.54) is 56.3 Å². The van der Waals surface area contributed by atoms with Crippen LogP contribution in [0.4, 0.5) is 13.2 Å². The van der Waals surface area contributed by atoms with Gasteiger partial charge in [-0.2, -0.15) is 13.2 Å². The quantitative estimate of drug-likeness (QED) is 0.315. The van der Waals surface area contributed by atoms with E-state index < -0.39 is 12.1 Å². The van der Waals surface area contributed by atoms with Gasteiger partial charge in [-0.25, -0.2) is 0 Å². The first-order valence-corrected chi connectivity index (χ1v) is 11.0. The van der Waals surface area contributed by atoms with Crippen molar-refractivity contribution in [2.75, 3.05) is 43.3 Å². The lowest BCUT2D eigenvalue weighted by Crippen LogP contribution is -2.50. The van der Waals surface area contributed by atoms with Gasteiger partial charge in [-0.1, -0.05) is 27.7 Å². The molecular weight excluding hydrogens is 449 g/mol. The Labute approximate surface area is 182 Å². The highest BCUT2D eigenvalue weighted by Gasteiger charge is 2.28. The van der Waals surface area contributed by atoms with E-state index in [2.05, 4.69) is 27.7 Å². The van der Waals surface area contributed by atoms with Crippen molar-refractivity contribution in [1.29, 1.82) is 0 Å². The third-order valence-electron chi connectivity index (χ3n) is 3.09. The van der Waals surface area contributed by atoms with Crippen LogP contribution in [-0.2, 0) is 4.79 Å². The van der Waals surface area contributed by atoms with Gasteiger partial charge in [-0.15, -0.1) is 46.4 Å². The molecule has 0 aromatic rings. The second-order valence-corrected chi connectivity index (χ2v) is 7.06. The summed E-state index contributed by atoms with van der Waals surface area (Å²) in [6.07, 6.45) is 0.139. The molecule has 0 amide bonds. The van der Waals surface area contributed by atoms with Crippen LogP contribution in [0.2, 0.25) is 0 Å². The SMILES string of the molecule is CCC[N+](CCC)(CCC)CCC.ClCCCl.ClCCl.O=C([O-])C(F)(F)F. The van der Waals surface area contributed by atoms with Crippen molar-refractivity contribution in [2.24, 2.45) is 0 Å². The largest absolute Gasteiger partial charge is 0.542 e. The van der Waals surface area contributed by atoms with Crippen LogP contribution < -0.4 is 5.11 Å². The molecule has 168 valence electrons. The van der Waals surface area contributed by atoms with Crippen LogP contribution in [0.25, 0.3) is 0 Å². The number of nitrogens with zero attached hydrogens (tertiary/aromatic N) is 1. The Morgan fingerprint density at radius 1 is 0.778 bits per heavy atom. The van der Waals surface area contributed by atoms with Crippen LogP contribution >= 0.6 is 46.4 Å². The predicted molar refractivity (Wildman–Crippen MR) is 110 cm³/mol. The number of carboxylic acids is 1. The van der Waals surface area contributed by atoms with E-state index in [1.807, 2.05) is 0 Å². The van der Waals surface area contributed by atoms with Gasteiger partial charge < -0.3 is 14.4 Å². The Kier molecular flexibility index (Phi) is 31.5. The van der Waals surface area contributed by atoms with E-state index in [4.69, 9.17) is 56.3 Å². The summed E-state index contributed by atoms with van der Waals surface area (Å²) < 4.78 is 32.9. The van der Waals surface area contributed by atoms with Crippen LogP contribution in [0.1, 0.15) is 53.4 Å². The van der Waals surface area contributed by atoms with Gasteiger partial charge in [-0.3, -0.25) is 0 Å². The minimum absolute atomic E-state index is 0.194. The standard InChI is InChI=1S/C12H28N.C2H4Cl2.C2HF3O2.CH2Cl2/c1-5-9-13(10-6-2,11-7-3)12-8-4;3-1-2-4;3-2(4,5)1(6)7;2-1-3/h5-12H2,1-4H3;1-2H2;(H,6,7);1H2/q+1;;;/p-1. The zero-order valence-corrected chi connectivity index (χ0v) is 19.7. The van der Waals surface area contributed by atoms with Crippen molar-refractivity contribution >= 4 is 52.4 Å². The third kappa shape index (κ3) is 28.7. The topological polar surface area (TPSA) is 40.1 Å². The van der Waals surface area contributed by atoms with Crippen molar-refractivity contribution in [3.8, 4) is 0 Å². The lowest BCUT2D eigenvalue weighted by Gasteiger charge is -2.38. The second-order valence-electron chi connectivity index (χ2n) is 5.50. The number of aliphatic carboxylic acids is 1. The molecule has 0 N–H and O–H groups in total. The molecule has 0 spiro atoms. The number of carbonyl (C=O) groups is 1.